The van der Waals surface area contributed by atoms with E-state index in [1.165, 1.54) is 48.0 Å². The molecule has 1 unspecified atom stereocenters. The van der Waals surface area contributed by atoms with Crippen LogP contribution in [-0.2, 0) is 14.3 Å². The molecule has 4 aromatic rings. The molecular weight excluding hydrogens is 522 g/mol. The van der Waals surface area contributed by atoms with Gasteiger partial charge in [0.1, 0.15) is 24.0 Å². The number of rotatable bonds is 8. The zero-order chi connectivity index (χ0) is 27.4. The molecule has 3 aromatic carbocycles. The maximum atomic E-state index is 14.4. The summed E-state index contributed by atoms with van der Waals surface area (Å²) in [6, 6.07) is 21.5. The Bertz CT molecular complexity index is 1480. The lowest BCUT2D eigenvalue weighted by atomic mass is 9.99. The third-order valence-electron chi connectivity index (χ3n) is 6.29. The molecule has 1 aliphatic heterocycles. The number of carbonyl (C=O) groups is 2. The van der Waals surface area contributed by atoms with E-state index < -0.39 is 16.9 Å². The van der Waals surface area contributed by atoms with E-state index in [1.807, 2.05) is 36.4 Å². The van der Waals surface area contributed by atoms with Gasteiger partial charge in [0.25, 0.3) is 0 Å². The zero-order valence-electron chi connectivity index (χ0n) is 21.1. The molecule has 200 valence electrons. The van der Waals surface area contributed by atoms with Gasteiger partial charge in [-0.15, -0.1) is 11.8 Å². The van der Waals surface area contributed by atoms with Gasteiger partial charge in [0.2, 0.25) is 11.8 Å². The van der Waals surface area contributed by atoms with Crippen LogP contribution in [0.3, 0.4) is 0 Å². The van der Waals surface area contributed by atoms with E-state index in [0.29, 0.717) is 34.9 Å². The lowest BCUT2D eigenvalue weighted by molar-refractivity contribution is -0.123. The van der Waals surface area contributed by atoms with Crippen LogP contribution in [0.15, 0.2) is 78.9 Å². The average Bonchev–Trinajstić information content (AvgIpc) is 3.26. The molecule has 1 atom stereocenters. The van der Waals surface area contributed by atoms with Crippen molar-refractivity contribution in [2.75, 3.05) is 37.5 Å². The number of ether oxygens (including phenoxy) is 1. The molecule has 5 rings (SSSR count). The maximum Gasteiger partial charge on any atom is 0.240 e. The number of hydrogen-bond acceptors (Lipinski definition) is 5. The second kappa shape index (κ2) is 11.8. The van der Waals surface area contributed by atoms with Crippen molar-refractivity contribution < 1.29 is 23.1 Å². The fraction of sp³-hybridized carbons (Fsp3) is 0.207. The predicted molar refractivity (Wildman–Crippen MR) is 147 cm³/mol. The number of benzene rings is 3. The van der Waals surface area contributed by atoms with Crippen molar-refractivity contribution in [3.63, 3.8) is 0 Å². The molecule has 1 aromatic heterocycles. The molecule has 39 heavy (non-hydrogen) atoms. The number of nitrogens with zero attached hydrogens (tertiary/aromatic N) is 3. The van der Waals surface area contributed by atoms with Crippen LogP contribution in [0.4, 0.5) is 14.6 Å². The van der Waals surface area contributed by atoms with Gasteiger partial charge in [0.15, 0.2) is 0 Å². The fourth-order valence-electron chi connectivity index (χ4n) is 4.52. The second-order valence-electron chi connectivity index (χ2n) is 8.91. The molecule has 1 N–H and O–H groups in total. The van der Waals surface area contributed by atoms with Gasteiger partial charge in [-0.1, -0.05) is 42.5 Å². The minimum absolute atomic E-state index is 0.0544. The van der Waals surface area contributed by atoms with Gasteiger partial charge >= 0.3 is 0 Å². The summed E-state index contributed by atoms with van der Waals surface area (Å²) < 4.78 is 34.8. The minimum atomic E-state index is -0.467. The summed E-state index contributed by atoms with van der Waals surface area (Å²) in [5, 5.41) is 7.21. The number of halogens is 2. The van der Waals surface area contributed by atoms with Crippen molar-refractivity contribution in [3.05, 3.63) is 102 Å². The van der Waals surface area contributed by atoms with E-state index in [4.69, 9.17) is 9.84 Å². The van der Waals surface area contributed by atoms with Gasteiger partial charge in [-0.3, -0.25) is 14.5 Å². The summed E-state index contributed by atoms with van der Waals surface area (Å²) in [6.45, 7) is 0.360. The van der Waals surface area contributed by atoms with Crippen molar-refractivity contribution in [3.8, 4) is 16.9 Å². The molecule has 0 bridgehead atoms. The topological polar surface area (TPSA) is 76.5 Å². The monoisotopic (exact) mass is 548 g/mol. The number of carbonyl (C=O) groups excluding carboxylic acids is 2. The quantitative estimate of drug-likeness (QED) is 0.322. The normalized spacial score (nSPS) is 15.1. The van der Waals surface area contributed by atoms with Gasteiger partial charge in [-0.2, -0.15) is 5.10 Å². The standard InChI is InChI=1S/C29H26F2N4O3S/c1-38-15-14-32-24(36)17-34-25(37)18-39-28(20-8-5-9-22(31)16-20)26-27(19-6-3-2-4-7-19)33-35(29(26)34)23-12-10-21(30)11-13-23/h2-13,16,28H,14-15,17-18H2,1H3,(H,32,36). The van der Waals surface area contributed by atoms with E-state index in [0.717, 1.165) is 5.56 Å². The highest BCUT2D eigenvalue weighted by Crippen LogP contribution is 2.48. The highest BCUT2D eigenvalue weighted by atomic mass is 32.2. The first kappa shape index (κ1) is 26.6. The van der Waals surface area contributed by atoms with Crippen molar-refractivity contribution in [2.24, 2.45) is 0 Å². The molecule has 0 aliphatic carbocycles. The van der Waals surface area contributed by atoms with Crippen LogP contribution in [0.1, 0.15) is 16.4 Å². The molecule has 2 amide bonds. The van der Waals surface area contributed by atoms with E-state index in [1.54, 1.807) is 22.9 Å². The molecule has 0 fully saturated rings. The highest BCUT2D eigenvalue weighted by molar-refractivity contribution is 8.00. The van der Waals surface area contributed by atoms with Crippen LogP contribution < -0.4 is 10.2 Å². The fourth-order valence-corrected chi connectivity index (χ4v) is 5.70. The zero-order valence-corrected chi connectivity index (χ0v) is 22.0. The lowest BCUT2D eigenvalue weighted by Gasteiger charge is -2.23. The van der Waals surface area contributed by atoms with Gasteiger partial charge < -0.3 is 10.1 Å². The first-order chi connectivity index (χ1) is 19.0. The summed E-state index contributed by atoms with van der Waals surface area (Å²) in [6.07, 6.45) is 0. The Balaban J connectivity index is 1.75. The molecule has 0 radical (unpaired) electrons. The molecule has 0 saturated heterocycles. The average molecular weight is 549 g/mol. The van der Waals surface area contributed by atoms with E-state index >= 15 is 0 Å². The largest absolute Gasteiger partial charge is 0.383 e. The number of thioether (sulfide) groups is 1. The van der Waals surface area contributed by atoms with Gasteiger partial charge in [-0.05, 0) is 42.0 Å². The first-order valence-corrected chi connectivity index (χ1v) is 13.4. The Morgan fingerprint density at radius 2 is 1.82 bits per heavy atom. The lowest BCUT2D eigenvalue weighted by Crippen LogP contribution is -2.43. The number of hydrogen-bond donors (Lipinski definition) is 1. The Morgan fingerprint density at radius 1 is 1.05 bits per heavy atom. The molecule has 0 saturated carbocycles. The van der Waals surface area contributed by atoms with Crippen molar-refractivity contribution in [1.82, 2.24) is 15.1 Å². The summed E-state index contributed by atoms with van der Waals surface area (Å²) in [5.74, 6) is -1.05. The van der Waals surface area contributed by atoms with E-state index in [-0.39, 0.29) is 30.7 Å². The second-order valence-corrected chi connectivity index (χ2v) is 10.0. The molecule has 7 nitrogen and oxygen atoms in total. The summed E-state index contributed by atoms with van der Waals surface area (Å²) in [4.78, 5) is 27.9. The molecular formula is C29H26F2N4O3S. The SMILES string of the molecule is COCCNC(=O)CN1C(=O)CSC(c2cccc(F)c2)c2c(-c3ccccc3)nn(-c3ccc(F)cc3)c21. The van der Waals surface area contributed by atoms with Crippen LogP contribution in [0.2, 0.25) is 0 Å². The van der Waals surface area contributed by atoms with Gasteiger partial charge in [-0.25, -0.2) is 13.5 Å². The van der Waals surface area contributed by atoms with E-state index in [9.17, 15) is 18.4 Å². The number of fused-ring (bicyclic) bond motifs is 1. The van der Waals surface area contributed by atoms with Crippen molar-refractivity contribution in [2.45, 2.75) is 5.25 Å². The molecule has 0 spiro atoms. The van der Waals surface area contributed by atoms with Gasteiger partial charge in [0.05, 0.1) is 29.0 Å². The van der Waals surface area contributed by atoms with Crippen molar-refractivity contribution in [1.29, 1.82) is 0 Å². The van der Waals surface area contributed by atoms with Crippen LogP contribution in [0.5, 0.6) is 0 Å². The van der Waals surface area contributed by atoms with Crippen LogP contribution in [-0.4, -0.2) is 54.2 Å². The molecule has 10 heteroatoms. The number of amides is 2. The summed E-state index contributed by atoms with van der Waals surface area (Å²) in [5.41, 5.74) is 3.21. The minimum Gasteiger partial charge on any atom is -0.383 e. The van der Waals surface area contributed by atoms with Gasteiger partial charge in [0, 0.05) is 24.8 Å². The van der Waals surface area contributed by atoms with E-state index in [2.05, 4.69) is 5.32 Å². The Morgan fingerprint density at radius 3 is 2.54 bits per heavy atom. The number of methoxy groups -OCH3 is 1. The Labute approximate surface area is 228 Å². The molecule has 2 heterocycles. The summed E-state index contributed by atoms with van der Waals surface area (Å²) in [7, 11) is 1.53. The Hall–Kier alpha value is -4.02. The van der Waals surface area contributed by atoms with Crippen LogP contribution in [0, 0.1) is 11.6 Å². The third-order valence-corrected chi connectivity index (χ3v) is 7.54. The summed E-state index contributed by atoms with van der Waals surface area (Å²) >= 11 is 1.35. The van der Waals surface area contributed by atoms with Crippen LogP contribution in [0.25, 0.3) is 16.9 Å². The highest BCUT2D eigenvalue weighted by Gasteiger charge is 2.37. The Kier molecular flexibility index (Phi) is 8.04. The predicted octanol–water partition coefficient (Wildman–Crippen LogP) is 4.75. The number of aromatic nitrogens is 2. The smallest absolute Gasteiger partial charge is 0.240 e. The van der Waals surface area contributed by atoms with Crippen molar-refractivity contribution >= 4 is 29.4 Å². The number of nitrogens with one attached hydrogen (secondary N) is 1. The molecule has 1 aliphatic rings. The number of anilines is 1. The van der Waals surface area contributed by atoms with Crippen LogP contribution >= 0.6 is 11.8 Å². The maximum absolute atomic E-state index is 14.4. The third kappa shape index (κ3) is 5.71. The first-order valence-electron chi connectivity index (χ1n) is 12.3.